The molecule has 3 aliphatic heterocycles. The zero-order valence-electron chi connectivity index (χ0n) is 43.4. The van der Waals surface area contributed by atoms with Crippen molar-refractivity contribution < 1.29 is 57.4 Å². The highest BCUT2D eigenvalue weighted by Gasteiger charge is 2.46. The summed E-state index contributed by atoms with van der Waals surface area (Å²) in [6, 6.07) is 10.6. The Morgan fingerprint density at radius 2 is 1.52 bits per heavy atom. The van der Waals surface area contributed by atoms with Crippen LogP contribution in [0.1, 0.15) is 142 Å². The van der Waals surface area contributed by atoms with Gasteiger partial charge in [-0.1, -0.05) is 50.1 Å². The van der Waals surface area contributed by atoms with Gasteiger partial charge in [-0.05, 0) is 86.6 Å². The van der Waals surface area contributed by atoms with Crippen LogP contribution < -0.4 is 26.8 Å². The minimum Gasteiger partial charge on any atom is -0.458 e. The molecule has 1 aliphatic carbocycles. The van der Waals surface area contributed by atoms with Crippen LogP contribution >= 0.6 is 0 Å². The Labute approximate surface area is 443 Å². The predicted octanol–water partition coefficient (Wildman–Crippen LogP) is 4.33. The fourth-order valence-corrected chi connectivity index (χ4v) is 10.7. The van der Waals surface area contributed by atoms with E-state index in [9.17, 15) is 53.1 Å². The average molecular weight is 1060 g/mol. The van der Waals surface area contributed by atoms with Crippen LogP contribution in [0, 0.1) is 12.7 Å². The molecule has 0 saturated heterocycles. The van der Waals surface area contributed by atoms with Gasteiger partial charge in [-0.25, -0.2) is 14.2 Å². The number of pyridine rings is 2. The van der Waals surface area contributed by atoms with Gasteiger partial charge in [0.25, 0.3) is 17.4 Å². The topological polar surface area (TPSA) is 269 Å². The number of amides is 6. The molecule has 77 heavy (non-hydrogen) atoms. The van der Waals surface area contributed by atoms with Gasteiger partial charge in [0.05, 0.1) is 47.6 Å². The van der Waals surface area contributed by atoms with Gasteiger partial charge in [0.1, 0.15) is 12.4 Å². The fourth-order valence-electron chi connectivity index (χ4n) is 10.7. The van der Waals surface area contributed by atoms with Crippen molar-refractivity contribution in [2.45, 2.75) is 147 Å². The SMILES string of the molecule is CC[C@@]1(O)C(=O)OCc2c1cc1n(c2=O)Cc2c-1nc1cc(F)c(C)c3c1c2[C@@H](NC(=O)CCCCCNC(=O)CCC(=O)[C@H](Cc1ccccc1)NC(=O)CCC(=O)CNC(=O)CCCCCN1C(=O)C=CC1=O)CC3. The highest BCUT2D eigenvalue weighted by atomic mass is 19.1. The number of aliphatic hydroxyl groups is 1. The first-order chi connectivity index (χ1) is 37.0. The number of imide groups is 1. The molecule has 2 aromatic heterocycles. The summed E-state index contributed by atoms with van der Waals surface area (Å²) in [7, 11) is 0. The Kier molecular flexibility index (Phi) is 17.7. The van der Waals surface area contributed by atoms with E-state index in [2.05, 4.69) is 21.3 Å². The van der Waals surface area contributed by atoms with E-state index >= 15 is 4.39 Å². The van der Waals surface area contributed by atoms with Crippen LogP contribution in [0.4, 0.5) is 4.39 Å². The number of aromatic nitrogens is 2. The Balaban J connectivity index is 0.770. The molecule has 3 atom stereocenters. The van der Waals surface area contributed by atoms with E-state index < -0.39 is 40.9 Å². The number of nitrogens with zero attached hydrogens (tertiary/aromatic N) is 3. The van der Waals surface area contributed by atoms with Crippen molar-refractivity contribution in [2.24, 2.45) is 0 Å². The number of ether oxygens (including phenoxy) is 1. The van der Waals surface area contributed by atoms with Crippen LogP contribution in [0.5, 0.6) is 0 Å². The van der Waals surface area contributed by atoms with Crippen molar-refractivity contribution in [3.8, 4) is 11.4 Å². The van der Waals surface area contributed by atoms with E-state index in [0.717, 1.165) is 27.0 Å². The van der Waals surface area contributed by atoms with E-state index in [0.29, 0.717) is 85.9 Å². The summed E-state index contributed by atoms with van der Waals surface area (Å²) >= 11 is 0. The maximum Gasteiger partial charge on any atom is 0.343 e. The number of Topliss-reactive ketones (excluding diaryl/α,β-unsaturated/α-hetero) is 2. The second kappa shape index (κ2) is 24.5. The van der Waals surface area contributed by atoms with E-state index in [4.69, 9.17) is 9.72 Å². The molecule has 0 saturated carbocycles. The molecule has 0 spiro atoms. The van der Waals surface area contributed by atoms with E-state index in [-0.39, 0.29) is 130 Å². The summed E-state index contributed by atoms with van der Waals surface area (Å²) in [6.45, 7) is 3.50. The van der Waals surface area contributed by atoms with Crippen LogP contribution in [0.15, 0.2) is 59.4 Å². The number of nitrogens with one attached hydrogen (secondary N) is 4. The average Bonchev–Trinajstić information content (AvgIpc) is 4.10. The molecule has 0 radical (unpaired) electrons. The lowest BCUT2D eigenvalue weighted by atomic mass is 9.81. The summed E-state index contributed by atoms with van der Waals surface area (Å²) in [5.74, 6) is -4.10. The molecule has 406 valence electrons. The number of unbranched alkanes of at least 4 members (excludes halogenated alkanes) is 4. The van der Waals surface area contributed by atoms with Crippen molar-refractivity contribution in [1.82, 2.24) is 35.7 Å². The lowest BCUT2D eigenvalue weighted by Gasteiger charge is -2.31. The maximum atomic E-state index is 15.4. The Bertz CT molecular complexity index is 3120. The number of hydrogen-bond acceptors (Lipinski definition) is 13. The number of rotatable bonds is 26. The van der Waals surface area contributed by atoms with Crippen LogP contribution in [0.2, 0.25) is 0 Å². The number of esters is 1. The van der Waals surface area contributed by atoms with Gasteiger partial charge in [-0.2, -0.15) is 0 Å². The summed E-state index contributed by atoms with van der Waals surface area (Å²) in [5.41, 5.74) is 2.62. The highest BCUT2D eigenvalue weighted by Crippen LogP contribution is 2.46. The molecule has 2 aromatic carbocycles. The minimum absolute atomic E-state index is 0.0204. The van der Waals surface area contributed by atoms with Crippen LogP contribution in [-0.4, -0.2) is 98.2 Å². The Morgan fingerprint density at radius 1 is 0.818 bits per heavy atom. The van der Waals surface area contributed by atoms with Crippen molar-refractivity contribution in [2.75, 3.05) is 19.6 Å². The predicted molar refractivity (Wildman–Crippen MR) is 278 cm³/mol. The quantitative estimate of drug-likeness (QED) is 0.0294. The van der Waals surface area contributed by atoms with Gasteiger partial charge < -0.3 is 35.7 Å². The van der Waals surface area contributed by atoms with Gasteiger partial charge in [-0.15, -0.1) is 0 Å². The molecular formula is C57H64FN7O12. The molecule has 6 amide bonds. The lowest BCUT2D eigenvalue weighted by molar-refractivity contribution is -0.172. The molecule has 0 bridgehead atoms. The number of aryl methyl sites for hydroxylation is 1. The number of halogens is 1. The Morgan fingerprint density at radius 3 is 2.26 bits per heavy atom. The molecule has 19 nitrogen and oxygen atoms in total. The standard InChI is InChI=1S/C57H64FN7O12/c1-3-57(76)39-28-44-54-37(31-65(44)55(74)38(39)32-77-56(57)75)53-41(19-18-36-33(2)40(58)29-43(63-54)52(36)53)61-48(70)16-9-5-11-25-59-47(69)22-20-45(67)42(27-34-13-7-4-8-14-34)62-49(71)21-17-35(66)30-60-46(68)15-10-6-12-26-64-50(72)23-24-51(64)73/h4,7-8,13-14,23-24,28-29,41-42,76H,3,5-6,9-12,15-22,25-27,30-32H2,1-2H3,(H,59,69)(H,60,68)(H,61,70)(H,62,71)/t41-,42-,57-/m0/s1. The highest BCUT2D eigenvalue weighted by molar-refractivity contribution is 6.12. The molecule has 5 N–H and O–H groups in total. The molecule has 0 fully saturated rings. The molecule has 20 heteroatoms. The zero-order chi connectivity index (χ0) is 55.0. The number of ketones is 2. The zero-order valence-corrected chi connectivity index (χ0v) is 43.4. The third kappa shape index (κ3) is 12.6. The lowest BCUT2D eigenvalue weighted by Crippen LogP contribution is -2.44. The van der Waals surface area contributed by atoms with E-state index in [1.54, 1.807) is 32.0 Å². The molecule has 8 rings (SSSR count). The smallest absolute Gasteiger partial charge is 0.343 e. The van der Waals surface area contributed by atoms with Crippen molar-refractivity contribution in [1.29, 1.82) is 0 Å². The first kappa shape index (κ1) is 55.5. The summed E-state index contributed by atoms with van der Waals surface area (Å²) in [5, 5.41) is 23.4. The first-order valence-electron chi connectivity index (χ1n) is 26.5. The van der Waals surface area contributed by atoms with Gasteiger partial charge in [0.2, 0.25) is 23.6 Å². The van der Waals surface area contributed by atoms with Gasteiger partial charge in [0, 0.05) is 86.3 Å². The molecule has 4 aliphatic rings. The maximum absolute atomic E-state index is 15.4. The second-order valence-corrected chi connectivity index (χ2v) is 20.2. The fraction of sp³-hybridized carbons (Fsp3) is 0.456. The molecule has 0 unspecified atom stereocenters. The number of fused-ring (bicyclic) bond motifs is 5. The molecular weight excluding hydrogens is 994 g/mol. The number of benzene rings is 2. The summed E-state index contributed by atoms with van der Waals surface area (Å²) in [6.07, 6.45) is 6.62. The van der Waals surface area contributed by atoms with Crippen LogP contribution in [0.3, 0.4) is 0 Å². The number of hydrogen-bond donors (Lipinski definition) is 5. The number of carbonyl (C=O) groups is 9. The third-order valence-corrected chi connectivity index (χ3v) is 15.0. The van der Waals surface area contributed by atoms with Crippen molar-refractivity contribution in [3.05, 3.63) is 110 Å². The van der Waals surface area contributed by atoms with Gasteiger partial charge in [0.15, 0.2) is 17.2 Å². The number of cyclic esters (lactones) is 1. The third-order valence-electron chi connectivity index (χ3n) is 15.0. The first-order valence-corrected chi connectivity index (χ1v) is 26.5. The van der Waals surface area contributed by atoms with Crippen LogP contribution in [0.25, 0.3) is 22.3 Å². The normalized spacial score (nSPS) is 17.3. The van der Waals surface area contributed by atoms with Gasteiger partial charge >= 0.3 is 5.97 Å². The monoisotopic (exact) mass is 1060 g/mol. The second-order valence-electron chi connectivity index (χ2n) is 20.2. The molecule has 5 heterocycles. The van der Waals surface area contributed by atoms with Crippen LogP contribution in [-0.2, 0) is 79.5 Å². The summed E-state index contributed by atoms with van der Waals surface area (Å²) < 4.78 is 22.1. The van der Waals surface area contributed by atoms with E-state index in [1.807, 2.05) is 18.2 Å². The summed E-state index contributed by atoms with van der Waals surface area (Å²) in [4.78, 5) is 134. The van der Waals surface area contributed by atoms with Gasteiger partial charge in [-0.3, -0.25) is 48.1 Å². The Hall–Kier alpha value is -7.74. The van der Waals surface area contributed by atoms with Crippen molar-refractivity contribution in [3.63, 3.8) is 0 Å². The largest absolute Gasteiger partial charge is 0.458 e. The minimum atomic E-state index is -2.02. The van der Waals surface area contributed by atoms with Crippen molar-refractivity contribution >= 4 is 63.9 Å². The molecule has 4 aromatic rings. The number of carbonyl (C=O) groups excluding carboxylic acids is 9. The van der Waals surface area contributed by atoms with E-state index in [1.165, 1.54) is 22.8 Å².